The highest BCUT2D eigenvalue weighted by Gasteiger charge is 2.20. The van der Waals surface area contributed by atoms with Crippen LogP contribution in [0.25, 0.3) is 0 Å². The molecule has 21 heavy (non-hydrogen) atoms. The summed E-state index contributed by atoms with van der Waals surface area (Å²) in [4.78, 5) is 11.5. The minimum absolute atomic E-state index is 0.136. The van der Waals surface area contributed by atoms with Crippen molar-refractivity contribution in [2.45, 2.75) is 12.6 Å². The predicted molar refractivity (Wildman–Crippen MR) is 82.4 cm³/mol. The Morgan fingerprint density at radius 1 is 1.29 bits per heavy atom. The number of nitrogens with one attached hydrogen (secondary N) is 1. The summed E-state index contributed by atoms with van der Waals surface area (Å²) in [7, 11) is 0. The molecule has 0 saturated carbocycles. The van der Waals surface area contributed by atoms with E-state index in [2.05, 4.69) is 15.0 Å². The minimum atomic E-state index is -0.136. The molecule has 2 aromatic heterocycles. The first kappa shape index (κ1) is 14.1. The molecule has 1 aromatic carbocycles. The lowest BCUT2D eigenvalue weighted by Crippen LogP contribution is -2.17. The molecule has 3 rings (SSSR count). The maximum absolute atomic E-state index is 6.15. The molecular formula is C14H13Cl2N5. The highest BCUT2D eigenvalue weighted by Crippen LogP contribution is 2.31. The SMILES string of the molecule is NCc1nccn1C(c1ccc(Cl)c(Cl)c1)c1cnc[nH]1. The quantitative estimate of drug-likeness (QED) is 0.775. The summed E-state index contributed by atoms with van der Waals surface area (Å²) in [5.41, 5.74) is 7.65. The summed E-state index contributed by atoms with van der Waals surface area (Å²) in [5, 5.41) is 1.03. The van der Waals surface area contributed by atoms with Crippen molar-refractivity contribution in [2.75, 3.05) is 0 Å². The maximum Gasteiger partial charge on any atom is 0.123 e. The van der Waals surface area contributed by atoms with Crippen LogP contribution in [0.15, 0.2) is 43.1 Å². The Balaban J connectivity index is 2.15. The van der Waals surface area contributed by atoms with Crippen molar-refractivity contribution in [2.24, 2.45) is 5.73 Å². The van der Waals surface area contributed by atoms with Gasteiger partial charge in [0.1, 0.15) is 11.9 Å². The molecule has 0 aliphatic heterocycles. The van der Waals surface area contributed by atoms with E-state index < -0.39 is 0 Å². The second-order valence-electron chi connectivity index (χ2n) is 4.54. The monoisotopic (exact) mass is 321 g/mol. The topological polar surface area (TPSA) is 72.5 Å². The van der Waals surface area contributed by atoms with Crippen LogP contribution in [0.5, 0.6) is 0 Å². The van der Waals surface area contributed by atoms with Gasteiger partial charge >= 0.3 is 0 Å². The van der Waals surface area contributed by atoms with Crippen molar-refractivity contribution < 1.29 is 0 Å². The van der Waals surface area contributed by atoms with E-state index in [1.54, 1.807) is 24.8 Å². The van der Waals surface area contributed by atoms with Gasteiger partial charge in [0.2, 0.25) is 0 Å². The molecule has 0 spiro atoms. The number of nitrogens with two attached hydrogens (primary N) is 1. The minimum Gasteiger partial charge on any atom is -0.346 e. The Bertz CT molecular complexity index is 736. The van der Waals surface area contributed by atoms with E-state index in [1.165, 1.54) is 0 Å². The third kappa shape index (κ3) is 2.68. The third-order valence-electron chi connectivity index (χ3n) is 3.28. The molecule has 3 N–H and O–H groups in total. The molecular weight excluding hydrogens is 309 g/mol. The third-order valence-corrected chi connectivity index (χ3v) is 4.02. The fourth-order valence-corrected chi connectivity index (χ4v) is 2.63. The van der Waals surface area contributed by atoms with E-state index in [9.17, 15) is 0 Å². The number of halogens is 2. The Morgan fingerprint density at radius 3 is 2.81 bits per heavy atom. The molecule has 0 fully saturated rings. The second-order valence-corrected chi connectivity index (χ2v) is 5.35. The van der Waals surface area contributed by atoms with Crippen LogP contribution in [-0.2, 0) is 6.54 Å². The Hall–Kier alpha value is -1.82. The largest absolute Gasteiger partial charge is 0.346 e. The number of benzene rings is 1. The summed E-state index contributed by atoms with van der Waals surface area (Å²) < 4.78 is 1.99. The molecule has 0 aliphatic carbocycles. The Morgan fingerprint density at radius 2 is 2.14 bits per heavy atom. The Labute approximate surface area is 131 Å². The van der Waals surface area contributed by atoms with Gasteiger partial charge in [0, 0.05) is 12.4 Å². The number of aromatic nitrogens is 4. The van der Waals surface area contributed by atoms with Gasteiger partial charge in [0.15, 0.2) is 0 Å². The van der Waals surface area contributed by atoms with Gasteiger partial charge in [-0.25, -0.2) is 9.97 Å². The van der Waals surface area contributed by atoms with Crippen LogP contribution in [0, 0.1) is 0 Å². The van der Waals surface area contributed by atoms with Crippen molar-refractivity contribution in [3.05, 3.63) is 70.2 Å². The molecule has 3 aromatic rings. The van der Waals surface area contributed by atoms with Crippen molar-refractivity contribution in [1.29, 1.82) is 0 Å². The van der Waals surface area contributed by atoms with Crippen LogP contribution in [0.3, 0.4) is 0 Å². The predicted octanol–water partition coefficient (Wildman–Crippen LogP) is 3.01. The fraction of sp³-hybridized carbons (Fsp3) is 0.143. The van der Waals surface area contributed by atoms with Crippen LogP contribution in [0.1, 0.15) is 23.1 Å². The first-order valence-electron chi connectivity index (χ1n) is 6.35. The van der Waals surface area contributed by atoms with Gasteiger partial charge in [0.05, 0.1) is 34.8 Å². The molecule has 0 radical (unpaired) electrons. The van der Waals surface area contributed by atoms with E-state index in [0.717, 1.165) is 17.1 Å². The van der Waals surface area contributed by atoms with Gasteiger partial charge in [-0.05, 0) is 17.7 Å². The molecule has 7 heteroatoms. The molecule has 1 atom stereocenters. The highest BCUT2D eigenvalue weighted by atomic mass is 35.5. The zero-order valence-electron chi connectivity index (χ0n) is 11.0. The zero-order chi connectivity index (χ0) is 14.8. The summed E-state index contributed by atoms with van der Waals surface area (Å²) in [5.74, 6) is 0.778. The second kappa shape index (κ2) is 5.89. The first-order chi connectivity index (χ1) is 10.2. The van der Waals surface area contributed by atoms with Gasteiger partial charge in [-0.15, -0.1) is 0 Å². The van der Waals surface area contributed by atoms with Gasteiger partial charge in [-0.3, -0.25) is 0 Å². The van der Waals surface area contributed by atoms with Crippen molar-refractivity contribution >= 4 is 23.2 Å². The lowest BCUT2D eigenvalue weighted by Gasteiger charge is -2.20. The fourth-order valence-electron chi connectivity index (χ4n) is 2.33. The Kier molecular flexibility index (Phi) is 3.96. The molecule has 0 amide bonds. The van der Waals surface area contributed by atoms with E-state index in [1.807, 2.05) is 22.9 Å². The number of hydrogen-bond donors (Lipinski definition) is 2. The smallest absolute Gasteiger partial charge is 0.123 e. The van der Waals surface area contributed by atoms with E-state index >= 15 is 0 Å². The summed E-state index contributed by atoms with van der Waals surface area (Å²) in [6, 6.07) is 5.42. The molecule has 108 valence electrons. The lowest BCUT2D eigenvalue weighted by atomic mass is 10.0. The molecule has 2 heterocycles. The standard InChI is InChI=1S/C14H13Cl2N5/c15-10-2-1-9(5-11(10)16)14(12-7-18-8-20-12)21-4-3-19-13(21)6-17/h1-5,7-8,14H,6,17H2,(H,18,20). The van der Waals surface area contributed by atoms with Crippen molar-refractivity contribution in [1.82, 2.24) is 19.5 Å². The van der Waals surface area contributed by atoms with Crippen LogP contribution in [-0.4, -0.2) is 19.5 Å². The van der Waals surface area contributed by atoms with E-state index in [-0.39, 0.29) is 6.04 Å². The molecule has 0 aliphatic rings. The number of rotatable bonds is 4. The maximum atomic E-state index is 6.15. The number of H-pyrrole nitrogens is 1. The van der Waals surface area contributed by atoms with Gasteiger partial charge in [0.25, 0.3) is 0 Å². The summed E-state index contributed by atoms with van der Waals surface area (Å²) in [6.07, 6.45) is 7.02. The van der Waals surface area contributed by atoms with Crippen LogP contribution in [0.2, 0.25) is 10.0 Å². The van der Waals surface area contributed by atoms with E-state index in [4.69, 9.17) is 28.9 Å². The van der Waals surface area contributed by atoms with Crippen LogP contribution in [0.4, 0.5) is 0 Å². The molecule has 0 bridgehead atoms. The van der Waals surface area contributed by atoms with Gasteiger partial charge < -0.3 is 15.3 Å². The number of nitrogens with zero attached hydrogens (tertiary/aromatic N) is 3. The zero-order valence-corrected chi connectivity index (χ0v) is 12.5. The average molecular weight is 322 g/mol. The van der Waals surface area contributed by atoms with Crippen LogP contribution >= 0.6 is 23.2 Å². The van der Waals surface area contributed by atoms with Gasteiger partial charge in [-0.1, -0.05) is 29.3 Å². The van der Waals surface area contributed by atoms with Crippen LogP contribution < -0.4 is 5.73 Å². The van der Waals surface area contributed by atoms with E-state index in [0.29, 0.717) is 16.6 Å². The van der Waals surface area contributed by atoms with Crippen molar-refractivity contribution in [3.8, 4) is 0 Å². The normalized spacial score (nSPS) is 12.5. The lowest BCUT2D eigenvalue weighted by molar-refractivity contribution is 0.622. The number of imidazole rings is 2. The first-order valence-corrected chi connectivity index (χ1v) is 7.11. The summed E-state index contributed by atoms with van der Waals surface area (Å²) in [6.45, 7) is 0.346. The molecule has 5 nitrogen and oxygen atoms in total. The number of aromatic amines is 1. The number of hydrogen-bond acceptors (Lipinski definition) is 3. The van der Waals surface area contributed by atoms with Crippen molar-refractivity contribution in [3.63, 3.8) is 0 Å². The summed E-state index contributed by atoms with van der Waals surface area (Å²) >= 11 is 12.1. The molecule has 0 saturated heterocycles. The molecule has 1 unspecified atom stereocenters. The average Bonchev–Trinajstić information content (AvgIpc) is 3.15. The highest BCUT2D eigenvalue weighted by molar-refractivity contribution is 6.42. The van der Waals surface area contributed by atoms with Gasteiger partial charge in [-0.2, -0.15) is 0 Å².